The van der Waals surface area contributed by atoms with Gasteiger partial charge in [0.15, 0.2) is 0 Å². The number of hydrogen-bond acceptors (Lipinski definition) is 6. The van der Waals surface area contributed by atoms with Gasteiger partial charge in [0.05, 0.1) is 20.3 Å². The van der Waals surface area contributed by atoms with E-state index in [0.29, 0.717) is 5.56 Å². The molecule has 0 aliphatic carbocycles. The molecule has 0 aromatic heterocycles. The molecule has 0 saturated heterocycles. The van der Waals surface area contributed by atoms with Gasteiger partial charge in [0, 0.05) is 19.2 Å². The number of carbonyl (C=O) groups is 1. The quantitative estimate of drug-likeness (QED) is 0.528. The lowest BCUT2D eigenvalue weighted by Gasteiger charge is -2.21. The van der Waals surface area contributed by atoms with E-state index in [-0.39, 0.29) is 23.7 Å². The van der Waals surface area contributed by atoms with E-state index in [4.69, 9.17) is 20.1 Å². The number of sulfonamides is 1. The summed E-state index contributed by atoms with van der Waals surface area (Å²) in [5.41, 5.74) is 0.361. The zero-order valence-electron chi connectivity index (χ0n) is 12.5. The molecular formula is C14H19NO7S. The monoisotopic (exact) mass is 345 g/mol. The van der Waals surface area contributed by atoms with Crippen molar-refractivity contribution < 1.29 is 33.3 Å². The predicted molar refractivity (Wildman–Crippen MR) is 82.6 cm³/mol. The average molecular weight is 345 g/mol. The number of ether oxygens (including phenoxy) is 1. The van der Waals surface area contributed by atoms with Crippen LogP contribution in [0.3, 0.4) is 0 Å². The third kappa shape index (κ3) is 5.03. The van der Waals surface area contributed by atoms with Crippen LogP contribution in [0.5, 0.6) is 5.75 Å². The Balaban J connectivity index is 3.35. The third-order valence-electron chi connectivity index (χ3n) is 2.92. The molecule has 0 amide bonds. The number of benzene rings is 1. The van der Waals surface area contributed by atoms with E-state index < -0.39 is 29.2 Å². The molecule has 0 fully saturated rings. The van der Waals surface area contributed by atoms with Crippen molar-refractivity contribution in [1.29, 1.82) is 0 Å². The first kappa shape index (κ1) is 19.1. The first-order chi connectivity index (χ1) is 10.9. The highest BCUT2D eigenvalue weighted by atomic mass is 32.2. The molecule has 0 aliphatic rings. The van der Waals surface area contributed by atoms with Gasteiger partial charge in [-0.25, -0.2) is 13.2 Å². The second kappa shape index (κ2) is 8.63. The first-order valence-electron chi connectivity index (χ1n) is 6.67. The Morgan fingerprint density at radius 3 is 2.35 bits per heavy atom. The number of carboxylic acids is 1. The predicted octanol–water partition coefficient (Wildman–Crippen LogP) is -0.232. The van der Waals surface area contributed by atoms with E-state index in [1.165, 1.54) is 31.4 Å². The topological polar surface area (TPSA) is 124 Å². The third-order valence-corrected chi connectivity index (χ3v) is 4.84. The van der Waals surface area contributed by atoms with Gasteiger partial charge in [0.2, 0.25) is 10.0 Å². The Labute approximate surface area is 134 Å². The molecule has 0 aliphatic heterocycles. The van der Waals surface area contributed by atoms with Gasteiger partial charge < -0.3 is 20.1 Å². The molecule has 0 saturated carbocycles. The Morgan fingerprint density at radius 1 is 1.26 bits per heavy atom. The van der Waals surface area contributed by atoms with E-state index in [1.54, 1.807) is 0 Å². The largest absolute Gasteiger partial charge is 0.495 e. The summed E-state index contributed by atoms with van der Waals surface area (Å²) in [7, 11) is -2.71. The van der Waals surface area contributed by atoms with Crippen LogP contribution in [-0.2, 0) is 14.8 Å². The smallest absolute Gasteiger partial charge is 0.328 e. The fourth-order valence-corrected chi connectivity index (χ4v) is 3.49. The SMILES string of the molecule is COc1ccc(/C=C/C(=O)O)cc1S(=O)(=O)N(CCO)CCO. The number of aliphatic hydroxyl groups excluding tert-OH is 2. The lowest BCUT2D eigenvalue weighted by atomic mass is 10.2. The minimum atomic E-state index is -4.02. The first-order valence-corrected chi connectivity index (χ1v) is 8.11. The van der Waals surface area contributed by atoms with Crippen molar-refractivity contribution >= 4 is 22.1 Å². The van der Waals surface area contributed by atoms with Crippen LogP contribution in [0.15, 0.2) is 29.2 Å². The molecule has 9 heteroatoms. The Morgan fingerprint density at radius 2 is 1.87 bits per heavy atom. The lowest BCUT2D eigenvalue weighted by molar-refractivity contribution is -0.131. The van der Waals surface area contributed by atoms with Crippen LogP contribution in [0.2, 0.25) is 0 Å². The van der Waals surface area contributed by atoms with E-state index in [1.807, 2.05) is 0 Å². The van der Waals surface area contributed by atoms with Crippen LogP contribution in [0.4, 0.5) is 0 Å². The minimum Gasteiger partial charge on any atom is -0.495 e. The number of hydrogen-bond donors (Lipinski definition) is 3. The van der Waals surface area contributed by atoms with Gasteiger partial charge in [-0.2, -0.15) is 4.31 Å². The second-order valence-electron chi connectivity index (χ2n) is 4.43. The molecule has 0 unspecified atom stereocenters. The van der Waals surface area contributed by atoms with Crippen molar-refractivity contribution in [3.8, 4) is 5.75 Å². The van der Waals surface area contributed by atoms with Crippen LogP contribution in [-0.4, -0.2) is 67.4 Å². The van der Waals surface area contributed by atoms with Gasteiger partial charge in [-0.1, -0.05) is 6.07 Å². The van der Waals surface area contributed by atoms with Crippen LogP contribution in [0.25, 0.3) is 6.08 Å². The molecule has 1 rings (SSSR count). The van der Waals surface area contributed by atoms with Crippen LogP contribution >= 0.6 is 0 Å². The highest BCUT2D eigenvalue weighted by molar-refractivity contribution is 7.89. The number of rotatable bonds is 9. The molecule has 128 valence electrons. The van der Waals surface area contributed by atoms with Gasteiger partial charge in [-0.15, -0.1) is 0 Å². The van der Waals surface area contributed by atoms with Crippen LogP contribution < -0.4 is 4.74 Å². The van der Waals surface area contributed by atoms with Gasteiger partial charge in [0.1, 0.15) is 10.6 Å². The molecular weight excluding hydrogens is 326 g/mol. The van der Waals surface area contributed by atoms with Crippen molar-refractivity contribution in [2.75, 3.05) is 33.4 Å². The summed E-state index contributed by atoms with van der Waals surface area (Å²) in [5.74, 6) is -1.08. The molecule has 1 aromatic rings. The summed E-state index contributed by atoms with van der Waals surface area (Å²) in [6.07, 6.45) is 2.14. The highest BCUT2D eigenvalue weighted by Crippen LogP contribution is 2.28. The average Bonchev–Trinajstić information content (AvgIpc) is 2.52. The molecule has 0 spiro atoms. The molecule has 3 N–H and O–H groups in total. The number of methoxy groups -OCH3 is 1. The van der Waals surface area contributed by atoms with Crippen molar-refractivity contribution in [3.05, 3.63) is 29.8 Å². The van der Waals surface area contributed by atoms with Gasteiger partial charge >= 0.3 is 5.97 Å². The van der Waals surface area contributed by atoms with E-state index in [9.17, 15) is 13.2 Å². The summed E-state index contributed by atoms with van der Waals surface area (Å²) in [6, 6.07) is 4.19. The summed E-state index contributed by atoms with van der Waals surface area (Å²) < 4.78 is 31.3. The molecule has 0 atom stereocenters. The number of aliphatic carboxylic acids is 1. The summed E-state index contributed by atoms with van der Waals surface area (Å²) in [5, 5.41) is 26.6. The molecule has 0 radical (unpaired) electrons. The lowest BCUT2D eigenvalue weighted by Crippen LogP contribution is -2.36. The van der Waals surface area contributed by atoms with Crippen molar-refractivity contribution in [2.24, 2.45) is 0 Å². The summed E-state index contributed by atoms with van der Waals surface area (Å²) >= 11 is 0. The van der Waals surface area contributed by atoms with Crippen LogP contribution in [0, 0.1) is 0 Å². The normalized spacial score (nSPS) is 12.0. The number of carboxylic acid groups (broad SMARTS) is 1. The number of nitrogens with zero attached hydrogens (tertiary/aromatic N) is 1. The van der Waals surface area contributed by atoms with Gasteiger partial charge in [-0.3, -0.25) is 0 Å². The Kier molecular flexibility index (Phi) is 7.17. The molecule has 0 heterocycles. The fraction of sp³-hybridized carbons (Fsp3) is 0.357. The van der Waals surface area contributed by atoms with Crippen molar-refractivity contribution in [2.45, 2.75) is 4.90 Å². The van der Waals surface area contributed by atoms with Crippen molar-refractivity contribution in [3.63, 3.8) is 0 Å². The number of aliphatic hydroxyl groups is 2. The zero-order chi connectivity index (χ0) is 17.5. The molecule has 8 nitrogen and oxygen atoms in total. The second-order valence-corrected chi connectivity index (χ2v) is 6.34. The van der Waals surface area contributed by atoms with Crippen molar-refractivity contribution in [1.82, 2.24) is 4.31 Å². The maximum atomic E-state index is 12.7. The van der Waals surface area contributed by atoms with Gasteiger partial charge in [-0.05, 0) is 23.8 Å². The maximum absolute atomic E-state index is 12.7. The van der Waals surface area contributed by atoms with Gasteiger partial charge in [0.25, 0.3) is 0 Å². The minimum absolute atomic E-state index is 0.0818. The standard InChI is InChI=1S/C14H19NO7S/c1-22-12-4-2-11(3-5-14(18)19)10-13(12)23(20,21)15(6-8-16)7-9-17/h2-5,10,16-17H,6-9H2,1H3,(H,18,19)/b5-3+. The molecule has 0 bridgehead atoms. The molecule has 23 heavy (non-hydrogen) atoms. The molecule has 1 aromatic carbocycles. The summed E-state index contributed by atoms with van der Waals surface area (Å²) in [6.45, 7) is -1.16. The Hall–Kier alpha value is -1.94. The van der Waals surface area contributed by atoms with E-state index in [0.717, 1.165) is 10.4 Å². The van der Waals surface area contributed by atoms with Crippen LogP contribution in [0.1, 0.15) is 5.56 Å². The zero-order valence-corrected chi connectivity index (χ0v) is 13.4. The Bertz CT molecular complexity index is 664. The summed E-state index contributed by atoms with van der Waals surface area (Å²) in [4.78, 5) is 10.4. The van der Waals surface area contributed by atoms with E-state index >= 15 is 0 Å². The maximum Gasteiger partial charge on any atom is 0.328 e. The van der Waals surface area contributed by atoms with E-state index in [2.05, 4.69) is 0 Å². The highest BCUT2D eigenvalue weighted by Gasteiger charge is 2.27. The fourth-order valence-electron chi connectivity index (χ4n) is 1.88.